The van der Waals surface area contributed by atoms with E-state index >= 15 is 0 Å². The molecule has 2 N–H and O–H groups in total. The normalized spacial score (nSPS) is 28.5. The number of ether oxygens (including phenoxy) is 1. The lowest BCUT2D eigenvalue weighted by Gasteiger charge is -2.15. The van der Waals surface area contributed by atoms with Crippen LogP contribution in [0.1, 0.15) is 45.4 Å². The van der Waals surface area contributed by atoms with Gasteiger partial charge in [0.1, 0.15) is 0 Å². The highest BCUT2D eigenvalue weighted by atomic mass is 16.5. The molecule has 1 amide bonds. The average Bonchev–Trinajstić information content (AvgIpc) is 3.17. The summed E-state index contributed by atoms with van der Waals surface area (Å²) in [6.45, 7) is 4.14. The zero-order chi connectivity index (χ0) is 15.2. The van der Waals surface area contributed by atoms with Crippen LogP contribution >= 0.6 is 0 Å². The summed E-state index contributed by atoms with van der Waals surface area (Å²) in [4.78, 5) is 23.4. The molecule has 21 heavy (non-hydrogen) atoms. The van der Waals surface area contributed by atoms with Crippen molar-refractivity contribution in [3.8, 4) is 0 Å². The van der Waals surface area contributed by atoms with E-state index in [1.165, 1.54) is 12.8 Å². The zero-order valence-corrected chi connectivity index (χ0v) is 12.8. The number of carboxylic acids is 1. The molecule has 2 aliphatic carbocycles. The monoisotopic (exact) mass is 297 g/mol. The molecule has 0 aliphatic heterocycles. The fraction of sp³-hybridized carbons (Fsp3) is 0.875. The number of rotatable bonds is 9. The number of carboxylic acid groups (broad SMARTS) is 1. The molecule has 2 aliphatic rings. The van der Waals surface area contributed by atoms with Gasteiger partial charge in [0, 0.05) is 19.8 Å². The number of aliphatic carboxylic acids is 1. The molecule has 0 bridgehead atoms. The zero-order valence-electron chi connectivity index (χ0n) is 12.8. The number of carbonyl (C=O) groups is 2. The van der Waals surface area contributed by atoms with Gasteiger partial charge >= 0.3 is 5.97 Å². The average molecular weight is 297 g/mol. The first-order valence-corrected chi connectivity index (χ1v) is 8.20. The summed E-state index contributed by atoms with van der Waals surface area (Å²) in [7, 11) is 0. The lowest BCUT2D eigenvalue weighted by Crippen LogP contribution is -2.36. The quantitative estimate of drug-likeness (QED) is 0.639. The third-order valence-corrected chi connectivity index (χ3v) is 4.71. The van der Waals surface area contributed by atoms with Gasteiger partial charge in [0.15, 0.2) is 0 Å². The largest absolute Gasteiger partial charge is 0.481 e. The van der Waals surface area contributed by atoms with Crippen molar-refractivity contribution in [1.29, 1.82) is 0 Å². The van der Waals surface area contributed by atoms with E-state index in [0.717, 1.165) is 25.4 Å². The summed E-state index contributed by atoms with van der Waals surface area (Å²) >= 11 is 0. The first-order valence-electron chi connectivity index (χ1n) is 8.20. The Labute approximate surface area is 126 Å². The predicted molar refractivity (Wildman–Crippen MR) is 78.8 cm³/mol. The number of nitrogens with one attached hydrogen (secondary N) is 1. The third kappa shape index (κ3) is 4.99. The van der Waals surface area contributed by atoms with Crippen molar-refractivity contribution < 1.29 is 19.4 Å². The van der Waals surface area contributed by atoms with Crippen LogP contribution in [0.2, 0.25) is 0 Å². The first kappa shape index (κ1) is 16.3. The number of amides is 1. The van der Waals surface area contributed by atoms with Gasteiger partial charge in [0.05, 0.1) is 11.8 Å². The molecule has 5 nitrogen and oxygen atoms in total. The minimum absolute atomic E-state index is 0.0967. The van der Waals surface area contributed by atoms with Crippen molar-refractivity contribution in [1.82, 2.24) is 5.32 Å². The standard InChI is InChI=1S/C16H27NO4/c1-2-11-8-13(14(9-11)16(19)20)15(18)17-6-3-7-21-10-12-4-5-12/h11-14H,2-10H2,1H3,(H,17,18)(H,19,20). The van der Waals surface area contributed by atoms with E-state index < -0.39 is 11.9 Å². The van der Waals surface area contributed by atoms with Crippen molar-refractivity contribution in [2.24, 2.45) is 23.7 Å². The van der Waals surface area contributed by atoms with E-state index in [9.17, 15) is 14.7 Å². The first-order chi connectivity index (χ1) is 10.1. The molecule has 3 atom stereocenters. The number of hydrogen-bond acceptors (Lipinski definition) is 3. The van der Waals surface area contributed by atoms with E-state index in [2.05, 4.69) is 12.2 Å². The molecule has 0 radical (unpaired) electrons. The highest BCUT2D eigenvalue weighted by molar-refractivity contribution is 5.85. The van der Waals surface area contributed by atoms with E-state index in [-0.39, 0.29) is 11.8 Å². The minimum Gasteiger partial charge on any atom is -0.481 e. The second kappa shape index (κ2) is 7.78. The van der Waals surface area contributed by atoms with Gasteiger partial charge in [-0.1, -0.05) is 13.3 Å². The lowest BCUT2D eigenvalue weighted by molar-refractivity contribution is -0.146. The van der Waals surface area contributed by atoms with Gasteiger partial charge in [0.2, 0.25) is 5.91 Å². The predicted octanol–water partition coefficient (Wildman–Crippen LogP) is 2.06. The van der Waals surface area contributed by atoms with Crippen molar-refractivity contribution in [3.05, 3.63) is 0 Å². The molecule has 0 saturated heterocycles. The highest BCUT2D eigenvalue weighted by Gasteiger charge is 2.41. The van der Waals surface area contributed by atoms with Crippen LogP contribution in [0.3, 0.4) is 0 Å². The summed E-state index contributed by atoms with van der Waals surface area (Å²) in [6.07, 6.45) is 5.65. The summed E-state index contributed by atoms with van der Waals surface area (Å²) < 4.78 is 5.51. The van der Waals surface area contributed by atoms with E-state index in [1.54, 1.807) is 0 Å². The van der Waals surface area contributed by atoms with Gasteiger partial charge < -0.3 is 15.2 Å². The molecule has 2 rings (SSSR count). The molecule has 5 heteroatoms. The maximum atomic E-state index is 12.2. The number of hydrogen-bond donors (Lipinski definition) is 2. The third-order valence-electron chi connectivity index (χ3n) is 4.71. The summed E-state index contributed by atoms with van der Waals surface area (Å²) in [5, 5.41) is 12.1. The fourth-order valence-corrected chi connectivity index (χ4v) is 3.09. The van der Waals surface area contributed by atoms with Crippen molar-refractivity contribution in [2.45, 2.75) is 45.4 Å². The Morgan fingerprint density at radius 2 is 1.90 bits per heavy atom. The van der Waals surface area contributed by atoms with Gasteiger partial charge in [0.25, 0.3) is 0 Å². The molecule has 3 unspecified atom stereocenters. The summed E-state index contributed by atoms with van der Waals surface area (Å²) in [5.41, 5.74) is 0. The van der Waals surface area contributed by atoms with Gasteiger partial charge in [-0.3, -0.25) is 9.59 Å². The van der Waals surface area contributed by atoms with E-state index in [1.807, 2.05) is 0 Å². The van der Waals surface area contributed by atoms with E-state index in [0.29, 0.717) is 31.9 Å². The van der Waals surface area contributed by atoms with Gasteiger partial charge in [-0.25, -0.2) is 0 Å². The Morgan fingerprint density at radius 3 is 2.52 bits per heavy atom. The maximum Gasteiger partial charge on any atom is 0.307 e. The minimum atomic E-state index is -0.834. The van der Waals surface area contributed by atoms with Gasteiger partial charge in [-0.2, -0.15) is 0 Å². The molecule has 2 fully saturated rings. The Morgan fingerprint density at radius 1 is 1.19 bits per heavy atom. The molecule has 0 heterocycles. The van der Waals surface area contributed by atoms with Crippen LogP contribution in [0.25, 0.3) is 0 Å². The Bertz CT molecular complexity index is 367. The molecular formula is C16H27NO4. The summed E-state index contributed by atoms with van der Waals surface area (Å²) in [6, 6.07) is 0. The molecular weight excluding hydrogens is 270 g/mol. The van der Waals surface area contributed by atoms with Crippen LogP contribution in [0.15, 0.2) is 0 Å². The molecule has 2 saturated carbocycles. The van der Waals surface area contributed by atoms with E-state index in [4.69, 9.17) is 4.74 Å². The molecule has 0 aromatic carbocycles. The maximum absolute atomic E-state index is 12.2. The fourth-order valence-electron chi connectivity index (χ4n) is 3.09. The summed E-state index contributed by atoms with van der Waals surface area (Å²) in [5.74, 6) is -0.676. The Hall–Kier alpha value is -1.10. The van der Waals surface area contributed by atoms with Crippen LogP contribution < -0.4 is 5.32 Å². The van der Waals surface area contributed by atoms with Gasteiger partial charge in [-0.05, 0) is 43.9 Å². The molecule has 0 spiro atoms. The van der Waals surface area contributed by atoms with Gasteiger partial charge in [-0.15, -0.1) is 0 Å². The lowest BCUT2D eigenvalue weighted by atomic mass is 9.95. The number of carbonyl (C=O) groups excluding carboxylic acids is 1. The van der Waals surface area contributed by atoms with Crippen molar-refractivity contribution in [3.63, 3.8) is 0 Å². The second-order valence-electron chi connectivity index (χ2n) is 6.46. The van der Waals surface area contributed by atoms with Crippen LogP contribution in [-0.4, -0.2) is 36.7 Å². The molecule has 0 aromatic rings. The second-order valence-corrected chi connectivity index (χ2v) is 6.46. The topological polar surface area (TPSA) is 75.6 Å². The molecule has 120 valence electrons. The van der Waals surface area contributed by atoms with Crippen LogP contribution in [0.5, 0.6) is 0 Å². The molecule has 0 aromatic heterocycles. The Balaban J connectivity index is 1.64. The van der Waals surface area contributed by atoms with Crippen LogP contribution in [0, 0.1) is 23.7 Å². The Kier molecular flexibility index (Phi) is 6.03. The van der Waals surface area contributed by atoms with Crippen molar-refractivity contribution in [2.75, 3.05) is 19.8 Å². The van der Waals surface area contributed by atoms with Crippen molar-refractivity contribution >= 4 is 11.9 Å². The van der Waals surface area contributed by atoms with Crippen LogP contribution in [0.4, 0.5) is 0 Å². The van der Waals surface area contributed by atoms with Crippen LogP contribution in [-0.2, 0) is 14.3 Å². The SMILES string of the molecule is CCC1CC(C(=O)O)C(C(=O)NCCCOCC2CC2)C1. The smallest absolute Gasteiger partial charge is 0.307 e. The highest BCUT2D eigenvalue weighted by Crippen LogP contribution is 2.38.